The standard InChI is InChI=1S/C41H31N5.Pt/c1-41(2,3)27-21-22-42-39(24-27)46-35-15-9-6-12-30(35)32-20-18-28(25-38(32)46)45-34-14-8-5-11-29(34)31-19-17-26(23-37(31)45)40-43-33-13-7-10-16-36(33)44(40)4;/h5-22,24H,1-4H3;/q-2;+2. The number of hydrogen-bond acceptors (Lipinski definition) is 2. The molecule has 0 aliphatic carbocycles. The Balaban J connectivity index is 0.00000324. The third kappa shape index (κ3) is 4.48. The maximum absolute atomic E-state index is 4.98. The van der Waals surface area contributed by atoms with Crippen LogP contribution in [0.25, 0.3) is 77.5 Å². The van der Waals surface area contributed by atoms with Crippen LogP contribution in [0.4, 0.5) is 0 Å². The van der Waals surface area contributed by atoms with Crippen molar-refractivity contribution in [3.8, 4) is 22.9 Å². The molecule has 0 atom stereocenters. The van der Waals surface area contributed by atoms with Gasteiger partial charge in [-0.05, 0) is 63.7 Å². The molecule has 47 heavy (non-hydrogen) atoms. The number of fused-ring (bicyclic) bond motifs is 7. The molecule has 6 heteroatoms. The number of para-hydroxylation sites is 4. The van der Waals surface area contributed by atoms with Crippen molar-refractivity contribution in [1.29, 1.82) is 0 Å². The molecule has 5 aromatic carbocycles. The molecule has 0 unspecified atom stereocenters. The topological polar surface area (TPSA) is 40.6 Å². The number of benzene rings is 5. The third-order valence-electron chi connectivity index (χ3n) is 9.26. The van der Waals surface area contributed by atoms with Crippen LogP contribution in [0, 0.1) is 12.1 Å². The summed E-state index contributed by atoms with van der Waals surface area (Å²) in [5.74, 6) is 1.79. The molecular weight excluding hydrogens is 758 g/mol. The van der Waals surface area contributed by atoms with Crippen molar-refractivity contribution in [2.24, 2.45) is 7.05 Å². The maximum Gasteiger partial charge on any atom is 2.00 e. The first-order chi connectivity index (χ1) is 22.4. The number of imidazole rings is 1. The van der Waals surface area contributed by atoms with Gasteiger partial charge in [0.15, 0.2) is 0 Å². The molecule has 0 amide bonds. The Morgan fingerprint density at radius 1 is 0.617 bits per heavy atom. The van der Waals surface area contributed by atoms with E-state index in [1.807, 2.05) is 12.3 Å². The van der Waals surface area contributed by atoms with E-state index in [0.29, 0.717) is 0 Å². The van der Waals surface area contributed by atoms with E-state index in [1.165, 1.54) is 16.3 Å². The molecule has 0 spiro atoms. The molecule has 0 fully saturated rings. The molecule has 0 N–H and O–H groups in total. The van der Waals surface area contributed by atoms with Crippen LogP contribution >= 0.6 is 0 Å². The summed E-state index contributed by atoms with van der Waals surface area (Å²) in [7, 11) is 2.07. The van der Waals surface area contributed by atoms with E-state index >= 15 is 0 Å². The summed E-state index contributed by atoms with van der Waals surface area (Å²) in [6.45, 7) is 6.72. The van der Waals surface area contributed by atoms with Gasteiger partial charge in [0.05, 0.1) is 16.9 Å². The number of hydrogen-bond donors (Lipinski definition) is 0. The zero-order valence-electron chi connectivity index (χ0n) is 26.5. The second kappa shape index (κ2) is 10.8. The van der Waals surface area contributed by atoms with Crippen molar-refractivity contribution in [3.63, 3.8) is 0 Å². The zero-order valence-corrected chi connectivity index (χ0v) is 28.8. The van der Waals surface area contributed by atoms with Crippen LogP contribution in [0.3, 0.4) is 0 Å². The van der Waals surface area contributed by atoms with Gasteiger partial charge in [-0.1, -0.05) is 85.9 Å². The van der Waals surface area contributed by atoms with Gasteiger partial charge in [0.25, 0.3) is 0 Å². The van der Waals surface area contributed by atoms with Gasteiger partial charge in [-0.2, -0.15) is 6.07 Å². The molecule has 0 bridgehead atoms. The molecule has 5 nitrogen and oxygen atoms in total. The van der Waals surface area contributed by atoms with E-state index in [1.54, 1.807) is 0 Å². The predicted molar refractivity (Wildman–Crippen MR) is 189 cm³/mol. The maximum atomic E-state index is 4.98. The van der Waals surface area contributed by atoms with E-state index in [2.05, 4.69) is 157 Å². The normalized spacial score (nSPS) is 12.1. The van der Waals surface area contributed by atoms with Crippen LogP contribution in [0.2, 0.25) is 0 Å². The number of pyridine rings is 1. The Bertz CT molecular complexity index is 2650. The van der Waals surface area contributed by atoms with E-state index in [-0.39, 0.29) is 26.5 Å². The fourth-order valence-electron chi connectivity index (χ4n) is 6.92. The van der Waals surface area contributed by atoms with Gasteiger partial charge in [0, 0.05) is 24.3 Å². The quantitative estimate of drug-likeness (QED) is 0.168. The minimum absolute atomic E-state index is 0. The number of aryl methyl sites for hydroxylation is 1. The van der Waals surface area contributed by atoms with Crippen LogP contribution in [-0.4, -0.2) is 23.7 Å². The molecule has 4 aromatic heterocycles. The molecule has 230 valence electrons. The summed E-state index contributed by atoms with van der Waals surface area (Å²) in [5, 5.41) is 4.65. The predicted octanol–water partition coefficient (Wildman–Crippen LogP) is 9.72. The van der Waals surface area contributed by atoms with Gasteiger partial charge < -0.3 is 13.7 Å². The molecular formula is C41H31N5Pt. The summed E-state index contributed by atoms with van der Waals surface area (Å²) < 4.78 is 6.69. The van der Waals surface area contributed by atoms with Gasteiger partial charge in [-0.15, -0.1) is 41.3 Å². The fourth-order valence-corrected chi connectivity index (χ4v) is 6.92. The van der Waals surface area contributed by atoms with E-state index in [4.69, 9.17) is 9.97 Å². The molecule has 9 rings (SSSR count). The molecule has 0 aliphatic rings. The summed E-state index contributed by atoms with van der Waals surface area (Å²) in [6, 6.07) is 46.1. The smallest absolute Gasteiger partial charge is 0.367 e. The van der Waals surface area contributed by atoms with Gasteiger partial charge in [-0.3, -0.25) is 4.98 Å². The third-order valence-corrected chi connectivity index (χ3v) is 9.26. The Morgan fingerprint density at radius 3 is 1.94 bits per heavy atom. The fraction of sp³-hybridized carbons (Fsp3) is 0.122. The van der Waals surface area contributed by atoms with E-state index in [9.17, 15) is 0 Å². The molecule has 0 aliphatic heterocycles. The average Bonchev–Trinajstić information content (AvgIpc) is 3.71. The minimum Gasteiger partial charge on any atom is -0.367 e. The Labute approximate surface area is 287 Å². The monoisotopic (exact) mass is 788 g/mol. The molecule has 0 radical (unpaired) electrons. The van der Waals surface area contributed by atoms with Crippen LogP contribution < -0.4 is 0 Å². The second-order valence-corrected chi connectivity index (χ2v) is 13.1. The van der Waals surface area contributed by atoms with Gasteiger partial charge >= 0.3 is 21.1 Å². The van der Waals surface area contributed by atoms with Gasteiger partial charge in [-0.25, -0.2) is 4.98 Å². The number of rotatable bonds is 3. The first kappa shape index (κ1) is 29.4. The number of aromatic nitrogens is 5. The molecule has 9 aromatic rings. The summed E-state index contributed by atoms with van der Waals surface area (Å²) in [5.41, 5.74) is 9.44. The van der Waals surface area contributed by atoms with Crippen molar-refractivity contribution in [1.82, 2.24) is 23.7 Å². The summed E-state index contributed by atoms with van der Waals surface area (Å²) >= 11 is 0. The zero-order chi connectivity index (χ0) is 31.2. The minimum atomic E-state index is 0. The van der Waals surface area contributed by atoms with Crippen molar-refractivity contribution in [2.75, 3.05) is 0 Å². The Kier molecular flexibility index (Phi) is 6.75. The first-order valence-electron chi connectivity index (χ1n) is 15.7. The molecule has 0 saturated carbocycles. The molecule has 0 saturated heterocycles. The largest absolute Gasteiger partial charge is 2.00 e. The van der Waals surface area contributed by atoms with Crippen LogP contribution in [0.15, 0.2) is 115 Å². The summed E-state index contributed by atoms with van der Waals surface area (Å²) in [4.78, 5) is 9.86. The SMILES string of the molecule is Cn1c(-c2[c-]c3c(cc2)c2ccccc2n3-c2[c-]c3c(cc2)c2ccccc2n3-c2cc(C(C)(C)C)ccn2)nc2ccccc21.[Pt+2]. The van der Waals surface area contributed by atoms with Crippen LogP contribution in [-0.2, 0) is 33.5 Å². The van der Waals surface area contributed by atoms with Crippen LogP contribution in [0.5, 0.6) is 0 Å². The molecule has 4 heterocycles. The Hall–Kier alpha value is -4.99. The van der Waals surface area contributed by atoms with Crippen molar-refractivity contribution < 1.29 is 21.1 Å². The second-order valence-electron chi connectivity index (χ2n) is 13.1. The van der Waals surface area contributed by atoms with E-state index < -0.39 is 0 Å². The van der Waals surface area contributed by atoms with Gasteiger partial charge in [0.1, 0.15) is 5.82 Å². The first-order valence-corrected chi connectivity index (χ1v) is 15.7. The van der Waals surface area contributed by atoms with Gasteiger partial charge in [0.2, 0.25) is 0 Å². The van der Waals surface area contributed by atoms with Crippen molar-refractivity contribution >= 4 is 54.6 Å². The summed E-state index contributed by atoms with van der Waals surface area (Å²) in [6.07, 6.45) is 1.92. The van der Waals surface area contributed by atoms with E-state index in [0.717, 1.165) is 66.8 Å². The van der Waals surface area contributed by atoms with Crippen molar-refractivity contribution in [3.05, 3.63) is 133 Å². The Morgan fingerprint density at radius 2 is 1.23 bits per heavy atom. The number of nitrogens with zero attached hydrogens (tertiary/aromatic N) is 5. The average molecular weight is 789 g/mol. The van der Waals surface area contributed by atoms with Crippen molar-refractivity contribution in [2.45, 2.75) is 26.2 Å². The van der Waals surface area contributed by atoms with Crippen LogP contribution in [0.1, 0.15) is 26.3 Å².